The number of rotatable bonds is 8. The highest BCUT2D eigenvalue weighted by Crippen LogP contribution is 2.35. The Labute approximate surface area is 214 Å². The molecule has 186 valence electrons. The summed E-state index contributed by atoms with van der Waals surface area (Å²) in [5, 5.41) is 3.12. The molecular weight excluding hydrogens is 474 g/mol. The van der Waals surface area contributed by atoms with Crippen molar-refractivity contribution in [1.29, 1.82) is 0 Å². The molecule has 1 unspecified atom stereocenters. The summed E-state index contributed by atoms with van der Waals surface area (Å²) in [6, 6.07) is 14.1. The lowest BCUT2D eigenvalue weighted by molar-refractivity contribution is -0.164. The van der Waals surface area contributed by atoms with Crippen LogP contribution in [-0.4, -0.2) is 59.5 Å². The third-order valence-corrected chi connectivity index (χ3v) is 8.27. The van der Waals surface area contributed by atoms with Crippen molar-refractivity contribution in [1.82, 2.24) is 9.80 Å². The Morgan fingerprint density at radius 2 is 2.03 bits per heavy atom. The van der Waals surface area contributed by atoms with Gasteiger partial charge in [-0.25, -0.2) is 0 Å². The van der Waals surface area contributed by atoms with Crippen LogP contribution in [0.15, 0.2) is 52.8 Å². The smallest absolute Gasteiger partial charge is 0.307 e. The lowest BCUT2D eigenvalue weighted by Crippen LogP contribution is -2.68. The fourth-order valence-electron chi connectivity index (χ4n) is 5.01. The van der Waals surface area contributed by atoms with Gasteiger partial charge in [-0.15, -0.1) is 11.3 Å². The SMILES string of the molecule is COC(=O)CCN(Cc1ccc2c(c1)CN=C2)C(=O)C1(C)CCN1C(=O)Cc1csc2ccccc12. The largest absolute Gasteiger partial charge is 0.469 e. The summed E-state index contributed by atoms with van der Waals surface area (Å²) in [6.45, 7) is 3.60. The molecular formula is C28H29N3O4S. The van der Waals surface area contributed by atoms with Crippen molar-refractivity contribution in [2.75, 3.05) is 20.2 Å². The van der Waals surface area contributed by atoms with Gasteiger partial charge in [-0.2, -0.15) is 0 Å². The lowest BCUT2D eigenvalue weighted by atomic mass is 9.84. The Balaban J connectivity index is 1.33. The molecule has 0 bridgehead atoms. The number of carbonyl (C=O) groups excluding carboxylic acids is 3. The van der Waals surface area contributed by atoms with Gasteiger partial charge in [0, 0.05) is 30.5 Å². The quantitative estimate of drug-likeness (QED) is 0.436. The molecule has 0 radical (unpaired) electrons. The van der Waals surface area contributed by atoms with Gasteiger partial charge in [0.05, 0.1) is 26.5 Å². The van der Waals surface area contributed by atoms with Crippen molar-refractivity contribution >= 4 is 45.4 Å². The number of nitrogens with zero attached hydrogens (tertiary/aromatic N) is 3. The maximum absolute atomic E-state index is 13.9. The summed E-state index contributed by atoms with van der Waals surface area (Å²) in [4.78, 5) is 46.8. The maximum Gasteiger partial charge on any atom is 0.307 e. The Bertz CT molecular complexity index is 1360. The highest BCUT2D eigenvalue weighted by molar-refractivity contribution is 7.17. The second-order valence-corrected chi connectivity index (χ2v) is 10.5. The number of ether oxygens (including phenoxy) is 1. The van der Waals surface area contributed by atoms with E-state index in [0.29, 0.717) is 26.1 Å². The van der Waals surface area contributed by atoms with Crippen LogP contribution in [0, 0.1) is 0 Å². The monoisotopic (exact) mass is 503 g/mol. The van der Waals surface area contributed by atoms with Crippen LogP contribution < -0.4 is 0 Å². The summed E-state index contributed by atoms with van der Waals surface area (Å²) in [7, 11) is 1.34. The van der Waals surface area contributed by atoms with Crippen LogP contribution in [0.5, 0.6) is 0 Å². The van der Waals surface area contributed by atoms with Crippen molar-refractivity contribution in [3.63, 3.8) is 0 Å². The van der Waals surface area contributed by atoms with E-state index in [1.807, 2.05) is 48.9 Å². The number of hydrogen-bond donors (Lipinski definition) is 0. The molecule has 0 spiro atoms. The van der Waals surface area contributed by atoms with E-state index in [1.54, 1.807) is 21.1 Å². The number of likely N-dealkylation sites (tertiary alicyclic amines) is 1. The first-order chi connectivity index (χ1) is 17.4. The summed E-state index contributed by atoms with van der Waals surface area (Å²) < 4.78 is 5.96. The zero-order valence-corrected chi connectivity index (χ0v) is 21.3. The number of esters is 1. The Morgan fingerprint density at radius 3 is 2.81 bits per heavy atom. The van der Waals surface area contributed by atoms with E-state index in [2.05, 4.69) is 17.1 Å². The molecule has 2 amide bonds. The number of carbonyl (C=O) groups is 3. The molecule has 1 fully saturated rings. The molecule has 2 aliphatic heterocycles. The van der Waals surface area contributed by atoms with Crippen molar-refractivity contribution in [2.45, 2.75) is 44.8 Å². The molecule has 5 rings (SSSR count). The number of methoxy groups -OCH3 is 1. The predicted molar refractivity (Wildman–Crippen MR) is 140 cm³/mol. The number of fused-ring (bicyclic) bond motifs is 2. The zero-order chi connectivity index (χ0) is 25.3. The minimum absolute atomic E-state index is 0.0525. The highest BCUT2D eigenvalue weighted by atomic mass is 32.1. The standard InChI is InChI=1S/C28H29N3O4S/c1-28(10-12-31(28)25(32)14-22-18-36-24-6-4-3-5-23(22)24)27(34)30(11-9-26(33)35-2)17-19-7-8-20-15-29-16-21(20)13-19/h3-8,13,15,18H,9-12,14,16-17H2,1-2H3. The molecule has 2 aromatic carbocycles. The number of benzene rings is 2. The summed E-state index contributed by atoms with van der Waals surface area (Å²) in [5.41, 5.74) is 3.25. The maximum atomic E-state index is 13.9. The van der Waals surface area contributed by atoms with Gasteiger partial charge in [-0.3, -0.25) is 19.4 Å². The molecule has 36 heavy (non-hydrogen) atoms. The van der Waals surface area contributed by atoms with Gasteiger partial charge in [-0.1, -0.05) is 36.4 Å². The Hall–Kier alpha value is -3.52. The fourth-order valence-corrected chi connectivity index (χ4v) is 5.98. The van der Waals surface area contributed by atoms with E-state index >= 15 is 0 Å². The van der Waals surface area contributed by atoms with Gasteiger partial charge in [-0.05, 0) is 52.4 Å². The molecule has 3 aromatic rings. The molecule has 0 N–H and O–H groups in total. The predicted octanol–water partition coefficient (Wildman–Crippen LogP) is 3.96. The fraction of sp³-hybridized carbons (Fsp3) is 0.357. The Kier molecular flexibility index (Phi) is 6.62. The zero-order valence-electron chi connectivity index (χ0n) is 20.5. The topological polar surface area (TPSA) is 79.3 Å². The van der Waals surface area contributed by atoms with E-state index in [1.165, 1.54) is 7.11 Å². The second kappa shape index (κ2) is 9.85. The molecule has 1 aromatic heterocycles. The van der Waals surface area contributed by atoms with Crippen LogP contribution in [0.4, 0.5) is 0 Å². The van der Waals surface area contributed by atoms with E-state index < -0.39 is 5.54 Å². The molecule has 0 aliphatic carbocycles. The summed E-state index contributed by atoms with van der Waals surface area (Å²) >= 11 is 1.63. The molecule has 3 heterocycles. The number of hydrogen-bond acceptors (Lipinski definition) is 6. The first kappa shape index (κ1) is 24.2. The van der Waals surface area contributed by atoms with Crippen molar-refractivity contribution in [3.05, 3.63) is 70.1 Å². The average molecular weight is 504 g/mol. The molecule has 8 heteroatoms. The van der Waals surface area contributed by atoms with Crippen LogP contribution in [0.1, 0.15) is 42.0 Å². The number of thiophene rings is 1. The minimum atomic E-state index is -0.932. The normalized spacial score (nSPS) is 18.1. The third kappa shape index (κ3) is 4.53. The van der Waals surface area contributed by atoms with Crippen LogP contribution >= 0.6 is 11.3 Å². The Morgan fingerprint density at radius 1 is 1.19 bits per heavy atom. The van der Waals surface area contributed by atoms with Crippen LogP contribution in [0.25, 0.3) is 10.1 Å². The van der Waals surface area contributed by atoms with Crippen molar-refractivity contribution < 1.29 is 19.1 Å². The van der Waals surface area contributed by atoms with Crippen LogP contribution in [0.2, 0.25) is 0 Å². The van der Waals surface area contributed by atoms with E-state index in [9.17, 15) is 14.4 Å². The average Bonchev–Trinajstić information content (AvgIpc) is 3.51. The molecule has 0 saturated carbocycles. The molecule has 7 nitrogen and oxygen atoms in total. The van der Waals surface area contributed by atoms with Crippen molar-refractivity contribution in [2.24, 2.45) is 4.99 Å². The number of aliphatic imine (C=N–C) groups is 1. The lowest BCUT2D eigenvalue weighted by Gasteiger charge is -2.51. The first-order valence-electron chi connectivity index (χ1n) is 12.1. The molecule has 1 atom stereocenters. The molecule has 1 saturated heterocycles. The van der Waals surface area contributed by atoms with Gasteiger partial charge in [0.1, 0.15) is 5.54 Å². The minimum Gasteiger partial charge on any atom is -0.469 e. The number of amides is 2. The van der Waals surface area contributed by atoms with E-state index in [0.717, 1.165) is 32.3 Å². The highest BCUT2D eigenvalue weighted by Gasteiger charge is 2.51. The van der Waals surface area contributed by atoms with Gasteiger partial charge >= 0.3 is 5.97 Å². The van der Waals surface area contributed by atoms with Crippen molar-refractivity contribution in [3.8, 4) is 0 Å². The van der Waals surface area contributed by atoms with E-state index in [-0.39, 0.29) is 37.2 Å². The van der Waals surface area contributed by atoms with Gasteiger partial charge in [0.15, 0.2) is 0 Å². The first-order valence-corrected chi connectivity index (χ1v) is 13.0. The summed E-state index contributed by atoms with van der Waals surface area (Å²) in [5.74, 6) is -0.563. The van der Waals surface area contributed by atoms with Gasteiger partial charge in [0.2, 0.25) is 11.8 Å². The second-order valence-electron chi connectivity index (χ2n) is 9.56. The van der Waals surface area contributed by atoms with Gasteiger partial charge in [0.25, 0.3) is 0 Å². The molecule has 2 aliphatic rings. The van der Waals surface area contributed by atoms with Crippen LogP contribution in [0.3, 0.4) is 0 Å². The summed E-state index contributed by atoms with van der Waals surface area (Å²) in [6.07, 6.45) is 2.81. The van der Waals surface area contributed by atoms with E-state index in [4.69, 9.17) is 4.74 Å². The van der Waals surface area contributed by atoms with Gasteiger partial charge < -0.3 is 14.5 Å². The third-order valence-electron chi connectivity index (χ3n) is 7.26. The van der Waals surface area contributed by atoms with Crippen LogP contribution in [-0.2, 0) is 38.6 Å².